The highest BCUT2D eigenvalue weighted by molar-refractivity contribution is 7.11. The van der Waals surface area contributed by atoms with Crippen molar-refractivity contribution in [1.82, 2.24) is 15.6 Å². The Morgan fingerprint density at radius 1 is 1.13 bits per heavy atom. The molecule has 1 aromatic heterocycles. The smallest absolute Gasteiger partial charge is 0.191 e. The molecule has 3 N–H and O–H groups in total. The molecule has 0 aliphatic rings. The molecule has 0 saturated carbocycles. The number of aromatic nitrogens is 1. The third-order valence-electron chi connectivity index (χ3n) is 3.39. The lowest BCUT2D eigenvalue weighted by Gasteiger charge is -2.12. The highest BCUT2D eigenvalue weighted by Gasteiger charge is 2.05. The molecule has 23 heavy (non-hydrogen) atoms. The van der Waals surface area contributed by atoms with Gasteiger partial charge in [-0.1, -0.05) is 18.2 Å². The van der Waals surface area contributed by atoms with E-state index in [0.29, 0.717) is 0 Å². The molecular formula is C17H25N5S. The molecular weight excluding hydrogens is 306 g/mol. The Hall–Kier alpha value is -2.08. The van der Waals surface area contributed by atoms with Gasteiger partial charge in [-0.25, -0.2) is 4.98 Å². The van der Waals surface area contributed by atoms with E-state index in [9.17, 15) is 0 Å². The number of rotatable bonds is 7. The molecule has 0 aliphatic carbocycles. The van der Waals surface area contributed by atoms with E-state index in [-0.39, 0.29) is 0 Å². The Balaban J connectivity index is 1.64. The van der Waals surface area contributed by atoms with Gasteiger partial charge in [-0.15, -0.1) is 11.3 Å². The van der Waals surface area contributed by atoms with Crippen LogP contribution in [0.1, 0.15) is 22.0 Å². The molecule has 0 spiro atoms. The minimum atomic E-state index is 0.763. The van der Waals surface area contributed by atoms with Gasteiger partial charge in [0.2, 0.25) is 0 Å². The predicted molar refractivity (Wildman–Crippen MR) is 99.3 cm³/mol. The van der Waals surface area contributed by atoms with Crippen molar-refractivity contribution in [3.05, 3.63) is 45.9 Å². The van der Waals surface area contributed by atoms with Crippen molar-refractivity contribution in [2.45, 2.75) is 26.8 Å². The van der Waals surface area contributed by atoms with Crippen LogP contribution in [0.2, 0.25) is 0 Å². The van der Waals surface area contributed by atoms with Gasteiger partial charge in [0.15, 0.2) is 5.96 Å². The SMILES string of the molecule is CN=C(NCCCNc1ccccc1)NCc1sc(C)nc1C. The maximum Gasteiger partial charge on any atom is 0.191 e. The molecule has 1 heterocycles. The first-order chi connectivity index (χ1) is 11.2. The molecule has 0 unspecified atom stereocenters. The van der Waals surface area contributed by atoms with E-state index in [4.69, 9.17) is 0 Å². The van der Waals surface area contributed by atoms with Crippen LogP contribution >= 0.6 is 11.3 Å². The van der Waals surface area contributed by atoms with Crippen molar-refractivity contribution < 1.29 is 0 Å². The maximum atomic E-state index is 4.44. The van der Waals surface area contributed by atoms with Crippen LogP contribution in [0.3, 0.4) is 0 Å². The number of aliphatic imine (C=N–C) groups is 1. The van der Waals surface area contributed by atoms with Crippen LogP contribution in [0.5, 0.6) is 0 Å². The van der Waals surface area contributed by atoms with E-state index >= 15 is 0 Å². The van der Waals surface area contributed by atoms with Crippen molar-refractivity contribution in [1.29, 1.82) is 0 Å². The summed E-state index contributed by atoms with van der Waals surface area (Å²) in [6.07, 6.45) is 1.02. The van der Waals surface area contributed by atoms with Gasteiger partial charge in [-0.05, 0) is 32.4 Å². The minimum Gasteiger partial charge on any atom is -0.385 e. The monoisotopic (exact) mass is 331 g/mol. The summed E-state index contributed by atoms with van der Waals surface area (Å²) in [6.45, 7) is 6.65. The number of benzene rings is 1. The standard InChI is InChI=1S/C17H25N5S/c1-13-16(23-14(2)22-13)12-21-17(18-3)20-11-7-10-19-15-8-5-4-6-9-15/h4-6,8-9,19H,7,10-12H2,1-3H3,(H2,18,20,21). The fourth-order valence-electron chi connectivity index (χ4n) is 2.21. The molecule has 0 aliphatic heterocycles. The minimum absolute atomic E-state index is 0.763. The lowest BCUT2D eigenvalue weighted by atomic mass is 10.3. The number of para-hydroxylation sites is 1. The van der Waals surface area contributed by atoms with Crippen molar-refractivity contribution in [3.8, 4) is 0 Å². The Labute approximate surface area is 142 Å². The summed E-state index contributed by atoms with van der Waals surface area (Å²) in [6, 6.07) is 10.3. The van der Waals surface area contributed by atoms with Crippen LogP contribution < -0.4 is 16.0 Å². The van der Waals surface area contributed by atoms with Crippen LogP contribution in [0.4, 0.5) is 5.69 Å². The van der Waals surface area contributed by atoms with E-state index in [2.05, 4.69) is 38.1 Å². The van der Waals surface area contributed by atoms with Crippen LogP contribution in [0.15, 0.2) is 35.3 Å². The molecule has 6 heteroatoms. The number of nitrogens with one attached hydrogen (secondary N) is 3. The third-order valence-corrected chi connectivity index (χ3v) is 4.46. The zero-order valence-electron chi connectivity index (χ0n) is 14.0. The topological polar surface area (TPSA) is 61.3 Å². The van der Waals surface area contributed by atoms with E-state index < -0.39 is 0 Å². The van der Waals surface area contributed by atoms with Gasteiger partial charge in [0, 0.05) is 30.7 Å². The van der Waals surface area contributed by atoms with E-state index in [1.165, 1.54) is 4.88 Å². The predicted octanol–water partition coefficient (Wildman–Crippen LogP) is 2.93. The number of anilines is 1. The quantitative estimate of drug-likeness (QED) is 0.415. The van der Waals surface area contributed by atoms with Gasteiger partial charge >= 0.3 is 0 Å². The molecule has 2 aromatic rings. The van der Waals surface area contributed by atoms with Gasteiger partial charge in [-0.3, -0.25) is 4.99 Å². The number of hydrogen-bond acceptors (Lipinski definition) is 4. The van der Waals surface area contributed by atoms with Crippen molar-refractivity contribution in [2.75, 3.05) is 25.5 Å². The largest absolute Gasteiger partial charge is 0.385 e. The van der Waals surface area contributed by atoms with Gasteiger partial charge in [0.1, 0.15) is 0 Å². The number of nitrogens with zero attached hydrogens (tertiary/aromatic N) is 2. The van der Waals surface area contributed by atoms with Crippen LogP contribution in [-0.4, -0.2) is 31.1 Å². The third kappa shape index (κ3) is 5.90. The Morgan fingerprint density at radius 3 is 2.57 bits per heavy atom. The summed E-state index contributed by atoms with van der Waals surface area (Å²) in [5.74, 6) is 0.829. The zero-order chi connectivity index (χ0) is 16.5. The van der Waals surface area contributed by atoms with E-state index in [0.717, 1.165) is 48.4 Å². The van der Waals surface area contributed by atoms with Crippen LogP contribution in [0, 0.1) is 13.8 Å². The lowest BCUT2D eigenvalue weighted by molar-refractivity contribution is 0.763. The lowest BCUT2D eigenvalue weighted by Crippen LogP contribution is -2.37. The molecule has 0 atom stereocenters. The molecule has 0 amide bonds. The summed E-state index contributed by atoms with van der Waals surface area (Å²) in [4.78, 5) is 9.95. The molecule has 1 aromatic carbocycles. The first-order valence-electron chi connectivity index (χ1n) is 7.85. The molecule has 0 fully saturated rings. The number of hydrogen-bond donors (Lipinski definition) is 3. The average Bonchev–Trinajstić information content (AvgIpc) is 2.88. The zero-order valence-corrected chi connectivity index (χ0v) is 14.8. The second-order valence-electron chi connectivity index (χ2n) is 5.24. The van der Waals surface area contributed by atoms with Crippen molar-refractivity contribution in [2.24, 2.45) is 4.99 Å². The molecule has 0 saturated heterocycles. The molecule has 0 bridgehead atoms. The molecule has 0 radical (unpaired) electrons. The van der Waals surface area contributed by atoms with Gasteiger partial charge < -0.3 is 16.0 Å². The second kappa shape index (κ2) is 9.15. The average molecular weight is 331 g/mol. The van der Waals surface area contributed by atoms with Gasteiger partial charge in [0.25, 0.3) is 0 Å². The Kier molecular flexibility index (Phi) is 6.87. The maximum absolute atomic E-state index is 4.44. The number of aryl methyl sites for hydroxylation is 2. The Morgan fingerprint density at radius 2 is 1.91 bits per heavy atom. The number of guanidine groups is 1. The van der Waals surface area contributed by atoms with Gasteiger partial charge in [0.05, 0.1) is 17.2 Å². The van der Waals surface area contributed by atoms with Crippen molar-refractivity contribution in [3.63, 3.8) is 0 Å². The van der Waals surface area contributed by atoms with Crippen molar-refractivity contribution >= 4 is 23.0 Å². The van der Waals surface area contributed by atoms with E-state index in [1.807, 2.05) is 32.0 Å². The number of thiazole rings is 1. The van der Waals surface area contributed by atoms with E-state index in [1.54, 1.807) is 18.4 Å². The fourth-order valence-corrected chi connectivity index (χ4v) is 3.08. The second-order valence-corrected chi connectivity index (χ2v) is 6.53. The summed E-state index contributed by atoms with van der Waals surface area (Å²) in [7, 11) is 1.79. The first-order valence-corrected chi connectivity index (χ1v) is 8.67. The summed E-state index contributed by atoms with van der Waals surface area (Å²) in [5, 5.41) is 11.2. The molecule has 5 nitrogen and oxygen atoms in total. The molecule has 2 rings (SSSR count). The summed E-state index contributed by atoms with van der Waals surface area (Å²) >= 11 is 1.73. The molecule has 124 valence electrons. The Bertz CT molecular complexity index is 621. The summed E-state index contributed by atoms with van der Waals surface area (Å²) < 4.78 is 0. The first kappa shape index (κ1) is 17.3. The normalized spacial score (nSPS) is 11.3. The van der Waals surface area contributed by atoms with Crippen LogP contribution in [-0.2, 0) is 6.54 Å². The highest BCUT2D eigenvalue weighted by Crippen LogP contribution is 2.16. The highest BCUT2D eigenvalue weighted by atomic mass is 32.1. The summed E-state index contributed by atoms with van der Waals surface area (Å²) in [5.41, 5.74) is 2.26. The van der Waals surface area contributed by atoms with Crippen LogP contribution in [0.25, 0.3) is 0 Å². The van der Waals surface area contributed by atoms with Gasteiger partial charge in [-0.2, -0.15) is 0 Å². The fraction of sp³-hybridized carbons (Fsp3) is 0.412.